The predicted octanol–water partition coefficient (Wildman–Crippen LogP) is 0.480. The minimum absolute atomic E-state index is 0.0743. The Morgan fingerprint density at radius 2 is 2.37 bits per heavy atom. The van der Waals surface area contributed by atoms with Crippen LogP contribution in [0.1, 0.15) is 20.8 Å². The molecule has 7 heteroatoms. The fraction of sp³-hybridized carbons (Fsp3) is 0.500. The second-order valence-electron chi connectivity index (χ2n) is 4.78. The molecule has 1 aromatic heterocycles. The molecule has 0 saturated carbocycles. The van der Waals surface area contributed by atoms with E-state index in [9.17, 15) is 4.79 Å². The zero-order chi connectivity index (χ0) is 14.0. The molecule has 1 aliphatic rings. The number of ether oxygens (including phenoxy) is 1. The number of hydrogen-bond acceptors (Lipinski definition) is 5. The molecule has 102 valence electrons. The van der Waals surface area contributed by atoms with Crippen molar-refractivity contribution in [3.05, 3.63) is 24.7 Å². The second kappa shape index (κ2) is 5.09. The highest BCUT2D eigenvalue weighted by molar-refractivity contribution is 6.62. The van der Waals surface area contributed by atoms with Gasteiger partial charge in [0.05, 0.1) is 18.6 Å². The number of carbonyl (C=O) groups excluding carboxylic acids is 1. The molecular weight excluding hydrogens is 247 g/mol. The highest BCUT2D eigenvalue weighted by Gasteiger charge is 2.43. The molecule has 0 aliphatic carbocycles. The Bertz CT molecular complexity index is 498. The summed E-state index contributed by atoms with van der Waals surface area (Å²) in [7, 11) is -0.529. The van der Waals surface area contributed by atoms with Crippen molar-refractivity contribution in [1.29, 1.82) is 0 Å². The average Bonchev–Trinajstić information content (AvgIpc) is 2.85. The van der Waals surface area contributed by atoms with Gasteiger partial charge in [-0.15, -0.1) is 0 Å². The van der Waals surface area contributed by atoms with Gasteiger partial charge in [0.15, 0.2) is 0 Å². The number of carbonyl (C=O) groups is 1. The molecular formula is C12H17BN2O4. The molecule has 1 saturated heterocycles. The third-order valence-corrected chi connectivity index (χ3v) is 2.84. The summed E-state index contributed by atoms with van der Waals surface area (Å²) in [5.41, 5.74) is 0.226. The minimum atomic E-state index is -0.529. The molecule has 0 bridgehead atoms. The van der Waals surface area contributed by atoms with E-state index in [0.717, 1.165) is 5.46 Å². The van der Waals surface area contributed by atoms with Crippen LogP contribution in [-0.4, -0.2) is 35.1 Å². The van der Waals surface area contributed by atoms with Gasteiger partial charge in [0, 0.05) is 11.7 Å². The van der Waals surface area contributed by atoms with E-state index >= 15 is 0 Å². The van der Waals surface area contributed by atoms with E-state index in [0.29, 0.717) is 12.4 Å². The quantitative estimate of drug-likeness (QED) is 0.584. The topological polar surface area (TPSA) is 62.6 Å². The standard InChI is InChI=1S/C12H17BN2O4/c1-5-17-11(16)8-15-7-10(6-14-15)13-18-9(2)12(3,4)19-13/h6-7H,2,5,8H2,1,3-4H3. The van der Waals surface area contributed by atoms with Crippen molar-refractivity contribution in [2.45, 2.75) is 32.9 Å². The first kappa shape index (κ1) is 13.7. The van der Waals surface area contributed by atoms with Crippen LogP contribution in [-0.2, 0) is 25.4 Å². The molecule has 1 aromatic rings. The maximum absolute atomic E-state index is 11.3. The van der Waals surface area contributed by atoms with Gasteiger partial charge in [0.25, 0.3) is 0 Å². The number of aromatic nitrogens is 2. The third-order valence-electron chi connectivity index (χ3n) is 2.84. The molecule has 19 heavy (non-hydrogen) atoms. The Morgan fingerprint density at radius 1 is 1.63 bits per heavy atom. The third kappa shape index (κ3) is 2.98. The van der Waals surface area contributed by atoms with Gasteiger partial charge < -0.3 is 14.0 Å². The Balaban J connectivity index is 2.02. The van der Waals surface area contributed by atoms with Crippen molar-refractivity contribution in [2.24, 2.45) is 0 Å². The summed E-state index contributed by atoms with van der Waals surface area (Å²) < 4.78 is 17.6. The fourth-order valence-corrected chi connectivity index (χ4v) is 1.69. The number of rotatable bonds is 4. The van der Waals surface area contributed by atoms with Crippen LogP contribution in [0.5, 0.6) is 0 Å². The molecule has 1 fully saturated rings. The van der Waals surface area contributed by atoms with Gasteiger partial charge in [0.1, 0.15) is 12.1 Å². The van der Waals surface area contributed by atoms with Crippen LogP contribution in [0.25, 0.3) is 0 Å². The molecule has 0 N–H and O–H groups in total. The Morgan fingerprint density at radius 3 is 2.95 bits per heavy atom. The monoisotopic (exact) mass is 264 g/mol. The average molecular weight is 264 g/mol. The summed E-state index contributed by atoms with van der Waals surface area (Å²) in [6.45, 7) is 9.78. The fourth-order valence-electron chi connectivity index (χ4n) is 1.69. The van der Waals surface area contributed by atoms with Crippen LogP contribution in [0.4, 0.5) is 0 Å². The molecule has 0 atom stereocenters. The number of nitrogens with zero attached hydrogens (tertiary/aromatic N) is 2. The first-order valence-corrected chi connectivity index (χ1v) is 6.14. The number of hydrogen-bond donors (Lipinski definition) is 0. The summed E-state index contributed by atoms with van der Waals surface area (Å²) in [5.74, 6) is 0.255. The van der Waals surface area contributed by atoms with Crippen molar-refractivity contribution < 1.29 is 18.8 Å². The van der Waals surface area contributed by atoms with Gasteiger partial charge in [-0.1, -0.05) is 6.58 Å². The highest BCUT2D eigenvalue weighted by atomic mass is 16.7. The van der Waals surface area contributed by atoms with Crippen molar-refractivity contribution in [3.8, 4) is 0 Å². The molecule has 0 radical (unpaired) electrons. The molecule has 2 rings (SSSR count). The SMILES string of the molecule is C=C1OB(c2cnn(CC(=O)OCC)c2)OC1(C)C. The lowest BCUT2D eigenvalue weighted by atomic mass is 9.82. The summed E-state index contributed by atoms with van der Waals surface area (Å²) in [5, 5.41) is 4.08. The first-order valence-electron chi connectivity index (χ1n) is 6.14. The zero-order valence-electron chi connectivity index (χ0n) is 11.4. The van der Waals surface area contributed by atoms with Crippen LogP contribution in [0.2, 0.25) is 0 Å². The van der Waals surface area contributed by atoms with E-state index in [1.54, 1.807) is 19.3 Å². The van der Waals surface area contributed by atoms with E-state index in [-0.39, 0.29) is 12.5 Å². The predicted molar refractivity (Wildman–Crippen MR) is 69.6 cm³/mol. The van der Waals surface area contributed by atoms with Crippen LogP contribution in [0.15, 0.2) is 24.7 Å². The maximum atomic E-state index is 11.3. The summed E-state index contributed by atoms with van der Waals surface area (Å²) >= 11 is 0. The van der Waals surface area contributed by atoms with E-state index in [2.05, 4.69) is 11.7 Å². The van der Waals surface area contributed by atoms with Gasteiger partial charge in [0.2, 0.25) is 0 Å². The summed E-state index contributed by atoms with van der Waals surface area (Å²) in [4.78, 5) is 11.3. The molecule has 0 amide bonds. The molecule has 1 aliphatic heterocycles. The zero-order valence-corrected chi connectivity index (χ0v) is 11.4. The number of esters is 1. The molecule has 6 nitrogen and oxygen atoms in total. The van der Waals surface area contributed by atoms with E-state index in [1.807, 2.05) is 13.8 Å². The normalized spacial score (nSPS) is 17.4. The Hall–Kier alpha value is -1.76. The van der Waals surface area contributed by atoms with Crippen molar-refractivity contribution in [2.75, 3.05) is 6.61 Å². The van der Waals surface area contributed by atoms with Crippen LogP contribution >= 0.6 is 0 Å². The van der Waals surface area contributed by atoms with Gasteiger partial charge in [-0.05, 0) is 20.8 Å². The molecule has 0 unspecified atom stereocenters. The minimum Gasteiger partial charge on any atom is -0.534 e. The molecule has 0 spiro atoms. The van der Waals surface area contributed by atoms with E-state index < -0.39 is 12.7 Å². The summed E-state index contributed by atoms with van der Waals surface area (Å²) in [6, 6.07) is 0. The van der Waals surface area contributed by atoms with E-state index in [4.69, 9.17) is 14.0 Å². The van der Waals surface area contributed by atoms with Gasteiger partial charge in [-0.2, -0.15) is 5.10 Å². The van der Waals surface area contributed by atoms with Crippen molar-refractivity contribution in [1.82, 2.24) is 9.78 Å². The first-order chi connectivity index (χ1) is 8.92. The second-order valence-corrected chi connectivity index (χ2v) is 4.78. The van der Waals surface area contributed by atoms with Crippen LogP contribution < -0.4 is 5.46 Å². The lowest BCUT2D eigenvalue weighted by Gasteiger charge is -2.15. The van der Waals surface area contributed by atoms with Crippen LogP contribution in [0, 0.1) is 0 Å². The molecule has 0 aromatic carbocycles. The largest absolute Gasteiger partial charge is 0.566 e. The summed E-state index contributed by atoms with van der Waals surface area (Å²) in [6.07, 6.45) is 3.31. The van der Waals surface area contributed by atoms with Crippen molar-refractivity contribution in [3.63, 3.8) is 0 Å². The van der Waals surface area contributed by atoms with Gasteiger partial charge in [-0.25, -0.2) is 0 Å². The Labute approximate surface area is 112 Å². The molecule has 2 heterocycles. The lowest BCUT2D eigenvalue weighted by molar-refractivity contribution is -0.144. The highest BCUT2D eigenvalue weighted by Crippen LogP contribution is 2.28. The van der Waals surface area contributed by atoms with E-state index in [1.165, 1.54) is 4.68 Å². The maximum Gasteiger partial charge on any atom is 0.566 e. The van der Waals surface area contributed by atoms with Gasteiger partial charge in [-0.3, -0.25) is 9.48 Å². The van der Waals surface area contributed by atoms with Gasteiger partial charge >= 0.3 is 13.1 Å². The van der Waals surface area contributed by atoms with Crippen molar-refractivity contribution >= 4 is 18.6 Å². The smallest absolute Gasteiger partial charge is 0.534 e. The lowest BCUT2D eigenvalue weighted by Crippen LogP contribution is -2.33. The Kier molecular flexibility index (Phi) is 3.66. The van der Waals surface area contributed by atoms with Crippen LogP contribution in [0.3, 0.4) is 0 Å².